The third-order valence-corrected chi connectivity index (χ3v) is 5.24. The summed E-state index contributed by atoms with van der Waals surface area (Å²) in [4.78, 5) is 15.6. The van der Waals surface area contributed by atoms with Gasteiger partial charge in [-0.3, -0.25) is 9.35 Å². The van der Waals surface area contributed by atoms with Crippen molar-refractivity contribution in [1.29, 1.82) is 0 Å². The molecule has 0 heterocycles. The number of benzene rings is 1. The van der Waals surface area contributed by atoms with Gasteiger partial charge in [-0.05, 0) is 55.5 Å². The van der Waals surface area contributed by atoms with Crippen LogP contribution in [0, 0.1) is 0 Å². The average molecular weight is 463 g/mol. The summed E-state index contributed by atoms with van der Waals surface area (Å²) in [6.07, 6.45) is 8.65. The number of nitrogens with zero attached hydrogens (tertiary/aromatic N) is 1. The van der Waals surface area contributed by atoms with Crippen LogP contribution in [0.1, 0.15) is 64.7 Å². The first-order valence-corrected chi connectivity index (χ1v) is 11.4. The molecule has 2 N–H and O–H groups in total. The van der Waals surface area contributed by atoms with Gasteiger partial charge in [0.2, 0.25) is 5.91 Å². The molecule has 0 spiro atoms. The number of nitrogens with one attached hydrogen (secondary N) is 1. The first-order valence-electron chi connectivity index (χ1n) is 9.95. The maximum atomic E-state index is 11.9. The zero-order valence-corrected chi connectivity index (χ0v) is 22.0. The van der Waals surface area contributed by atoms with Crippen LogP contribution in [0.25, 0.3) is 0 Å². The minimum atomic E-state index is -4.22. The predicted molar refractivity (Wildman–Crippen MR) is 114 cm³/mol. The van der Waals surface area contributed by atoms with Crippen molar-refractivity contribution in [2.75, 3.05) is 11.9 Å². The fourth-order valence-corrected chi connectivity index (χ4v) is 3.19. The number of hydrogen-bond acceptors (Lipinski definition) is 5. The van der Waals surface area contributed by atoms with Gasteiger partial charge >= 0.3 is 51.4 Å². The predicted octanol–water partition coefficient (Wildman–Crippen LogP) is 0.722. The van der Waals surface area contributed by atoms with Gasteiger partial charge in [0.25, 0.3) is 10.1 Å². The van der Waals surface area contributed by atoms with Crippen LogP contribution >= 0.6 is 0 Å². The quantitative estimate of drug-likeness (QED) is 0.139. The molecule has 0 fully saturated rings. The first kappa shape index (κ1) is 29.4. The fraction of sp³-hybridized carbons (Fsp3) is 0.524. The number of unbranched alkanes of at least 4 members (excludes halogenated alkanes) is 7. The molecule has 0 saturated carbocycles. The molecule has 0 bridgehead atoms. The molecule has 0 radical (unpaired) electrons. The number of carbonyl (C=O) groups is 1. The maximum Gasteiger partial charge on any atom is 1.00 e. The van der Waals surface area contributed by atoms with Gasteiger partial charge in [-0.2, -0.15) is 8.42 Å². The Bertz CT molecular complexity index is 792. The molecular formula is C21H31KN2O5S. The van der Waals surface area contributed by atoms with Crippen LogP contribution in [0.2, 0.25) is 0 Å². The van der Waals surface area contributed by atoms with Crippen LogP contribution < -0.4 is 61.8 Å². The number of aliphatic imine (C=N–C) groups is 1. The Balaban J connectivity index is 0.00000841. The molecule has 0 aromatic heterocycles. The summed E-state index contributed by atoms with van der Waals surface area (Å²) in [5, 5.41) is 14.0. The second-order valence-electron chi connectivity index (χ2n) is 7.09. The summed E-state index contributed by atoms with van der Waals surface area (Å²) in [5.74, 6) is -0.318. The van der Waals surface area contributed by atoms with E-state index in [1.165, 1.54) is 24.3 Å². The molecule has 0 atom stereocenters. The maximum absolute atomic E-state index is 11.9. The third kappa shape index (κ3) is 13.7. The van der Waals surface area contributed by atoms with Gasteiger partial charge in [-0.1, -0.05) is 45.1 Å². The molecule has 1 amide bonds. The molecule has 1 aromatic rings. The van der Waals surface area contributed by atoms with Crippen LogP contribution in [-0.2, 0) is 14.9 Å². The summed E-state index contributed by atoms with van der Waals surface area (Å²) in [6.45, 7) is 5.80. The van der Waals surface area contributed by atoms with Crippen LogP contribution in [-0.4, -0.2) is 31.3 Å². The number of anilines is 1. The van der Waals surface area contributed by atoms with Crippen molar-refractivity contribution in [1.82, 2.24) is 0 Å². The second-order valence-corrected chi connectivity index (χ2v) is 8.51. The topological polar surface area (TPSA) is 119 Å². The Labute approximate surface area is 222 Å². The minimum Gasteiger partial charge on any atom is -0.859 e. The number of rotatable bonds is 14. The van der Waals surface area contributed by atoms with Gasteiger partial charge in [-0.25, -0.2) is 0 Å². The summed E-state index contributed by atoms with van der Waals surface area (Å²) < 4.78 is 30.9. The monoisotopic (exact) mass is 462 g/mol. The molecule has 0 aliphatic carbocycles. The SMILES string of the molecule is C=C(C)C([O-])=NCCCCCCCCCCC(=O)Nc1ccc(S(=O)(=O)O)cc1.[K+]. The average Bonchev–Trinajstić information content (AvgIpc) is 2.65. The van der Waals surface area contributed by atoms with E-state index in [0.717, 1.165) is 51.4 Å². The molecule has 0 aliphatic heterocycles. The van der Waals surface area contributed by atoms with Gasteiger partial charge in [0.05, 0.1) is 4.90 Å². The number of amides is 1. The summed E-state index contributed by atoms with van der Waals surface area (Å²) in [7, 11) is -4.22. The number of hydrogen-bond donors (Lipinski definition) is 2. The smallest absolute Gasteiger partial charge is 0.859 e. The van der Waals surface area contributed by atoms with Gasteiger partial charge in [0.15, 0.2) is 0 Å². The summed E-state index contributed by atoms with van der Waals surface area (Å²) in [6, 6.07) is 5.39. The van der Waals surface area contributed by atoms with E-state index in [2.05, 4.69) is 16.9 Å². The van der Waals surface area contributed by atoms with Crippen LogP contribution in [0.5, 0.6) is 0 Å². The van der Waals surface area contributed by atoms with Crippen molar-refractivity contribution in [3.05, 3.63) is 36.4 Å². The van der Waals surface area contributed by atoms with Gasteiger partial charge in [-0.15, -0.1) is 0 Å². The van der Waals surface area contributed by atoms with Crippen molar-refractivity contribution in [2.45, 2.75) is 69.6 Å². The van der Waals surface area contributed by atoms with E-state index in [4.69, 9.17) is 4.55 Å². The van der Waals surface area contributed by atoms with Crippen LogP contribution in [0.3, 0.4) is 0 Å². The first-order chi connectivity index (χ1) is 13.7. The Morgan fingerprint density at radius 3 is 2.03 bits per heavy atom. The summed E-state index contributed by atoms with van der Waals surface area (Å²) >= 11 is 0. The Hall–Kier alpha value is -0.554. The van der Waals surface area contributed by atoms with Crippen molar-refractivity contribution < 1.29 is 74.3 Å². The van der Waals surface area contributed by atoms with Crippen molar-refractivity contribution in [3.63, 3.8) is 0 Å². The van der Waals surface area contributed by atoms with E-state index in [-0.39, 0.29) is 68.1 Å². The van der Waals surface area contributed by atoms with Gasteiger partial charge in [0.1, 0.15) is 0 Å². The Kier molecular flexibility index (Phi) is 15.8. The molecule has 162 valence electrons. The van der Waals surface area contributed by atoms with E-state index in [1.807, 2.05) is 0 Å². The third-order valence-electron chi connectivity index (χ3n) is 4.37. The number of carbonyl (C=O) groups excluding carboxylic acids is 1. The van der Waals surface area contributed by atoms with Crippen molar-refractivity contribution in [3.8, 4) is 0 Å². The van der Waals surface area contributed by atoms with E-state index < -0.39 is 10.1 Å². The Morgan fingerprint density at radius 2 is 1.53 bits per heavy atom. The second kappa shape index (κ2) is 16.1. The molecule has 9 heteroatoms. The zero-order chi connectivity index (χ0) is 21.7. The zero-order valence-electron chi connectivity index (χ0n) is 18.0. The largest absolute Gasteiger partial charge is 1.00 e. The summed E-state index contributed by atoms with van der Waals surface area (Å²) in [5.41, 5.74) is 0.979. The molecule has 0 unspecified atom stereocenters. The molecule has 1 aromatic carbocycles. The molecular weight excluding hydrogens is 431 g/mol. The Morgan fingerprint density at radius 1 is 1.03 bits per heavy atom. The van der Waals surface area contributed by atoms with Crippen molar-refractivity contribution in [2.24, 2.45) is 4.99 Å². The standard InChI is InChI=1S/C21H32N2O5S.K/c1-17(2)21(25)22-16-10-8-6-4-3-5-7-9-11-20(24)23-18-12-14-19(15-13-18)29(26,27)28;/h12-15H,1,3-11,16H2,2H3,(H,22,25)(H,23,24)(H,26,27,28);/q;+1/p-1. The van der Waals surface area contributed by atoms with E-state index in [0.29, 0.717) is 24.2 Å². The van der Waals surface area contributed by atoms with Gasteiger partial charge < -0.3 is 15.4 Å². The van der Waals surface area contributed by atoms with Crippen LogP contribution in [0.4, 0.5) is 5.69 Å². The van der Waals surface area contributed by atoms with E-state index in [9.17, 15) is 18.3 Å². The molecule has 0 aliphatic rings. The van der Waals surface area contributed by atoms with Gasteiger partial charge in [0, 0.05) is 18.7 Å². The van der Waals surface area contributed by atoms with E-state index in [1.54, 1.807) is 6.92 Å². The molecule has 7 nitrogen and oxygen atoms in total. The molecule has 30 heavy (non-hydrogen) atoms. The van der Waals surface area contributed by atoms with Crippen LogP contribution in [0.15, 0.2) is 46.3 Å². The molecule has 0 saturated heterocycles. The minimum absolute atomic E-state index is 0. The van der Waals surface area contributed by atoms with Crippen molar-refractivity contribution >= 4 is 27.6 Å². The fourth-order valence-electron chi connectivity index (χ4n) is 2.71. The molecule has 1 rings (SSSR count). The van der Waals surface area contributed by atoms with E-state index >= 15 is 0 Å². The normalized spacial score (nSPS) is 11.6.